The molecule has 1 aromatic rings. The highest BCUT2D eigenvalue weighted by molar-refractivity contribution is 9.10. The lowest BCUT2D eigenvalue weighted by Crippen LogP contribution is -2.18. The number of ether oxygens (including phenoxy) is 1. The predicted octanol–water partition coefficient (Wildman–Crippen LogP) is 3.07. The minimum absolute atomic E-state index is 0.251. The summed E-state index contributed by atoms with van der Waals surface area (Å²) in [6, 6.07) is 1.63. The molecule has 0 fully saturated rings. The van der Waals surface area contributed by atoms with Crippen molar-refractivity contribution in [2.45, 2.75) is 6.36 Å². The van der Waals surface area contributed by atoms with E-state index in [-0.39, 0.29) is 4.47 Å². The molecular weight excluding hydrogens is 270 g/mol. The van der Waals surface area contributed by atoms with Gasteiger partial charge in [-0.25, -0.2) is 4.39 Å². The molecule has 14 heavy (non-hydrogen) atoms. The summed E-state index contributed by atoms with van der Waals surface area (Å²) in [5, 5.41) is 0. The number of rotatable bonds is 1. The van der Waals surface area contributed by atoms with Crippen LogP contribution in [0.4, 0.5) is 23.2 Å². The molecule has 1 aromatic carbocycles. The Balaban J connectivity index is 3.06. The lowest BCUT2D eigenvalue weighted by atomic mass is 10.3. The zero-order chi connectivity index (χ0) is 10.9. The number of halogens is 5. The van der Waals surface area contributed by atoms with Crippen LogP contribution in [0.3, 0.4) is 0 Å². The third kappa shape index (κ3) is 2.50. The van der Waals surface area contributed by atoms with E-state index in [4.69, 9.17) is 5.73 Å². The highest BCUT2D eigenvalue weighted by Crippen LogP contribution is 2.34. The maximum Gasteiger partial charge on any atom is 0.573 e. The standard InChI is InChI=1S/C7H4BrF4NO/c8-5-3(9)1-2-4(6(5)13)14-7(10,11)12/h1-2H,13H2. The van der Waals surface area contributed by atoms with Crippen molar-refractivity contribution in [3.8, 4) is 5.75 Å². The first-order valence-corrected chi connectivity index (χ1v) is 4.10. The van der Waals surface area contributed by atoms with Gasteiger partial charge in [-0.15, -0.1) is 13.2 Å². The Kier molecular flexibility index (Phi) is 2.89. The van der Waals surface area contributed by atoms with Crippen molar-refractivity contribution in [2.75, 3.05) is 5.73 Å². The number of benzene rings is 1. The monoisotopic (exact) mass is 273 g/mol. The molecule has 0 atom stereocenters. The van der Waals surface area contributed by atoms with Crippen LogP contribution < -0.4 is 10.5 Å². The quantitative estimate of drug-likeness (QED) is 0.631. The summed E-state index contributed by atoms with van der Waals surface area (Å²) in [5.74, 6) is -1.39. The second-order valence-corrected chi connectivity index (χ2v) is 3.11. The Bertz CT molecular complexity index is 352. The van der Waals surface area contributed by atoms with Gasteiger partial charge >= 0.3 is 6.36 Å². The zero-order valence-corrected chi connectivity index (χ0v) is 8.12. The number of alkyl halides is 3. The largest absolute Gasteiger partial charge is 0.573 e. The van der Waals surface area contributed by atoms with Crippen LogP contribution in [0.25, 0.3) is 0 Å². The molecule has 2 N–H and O–H groups in total. The van der Waals surface area contributed by atoms with Gasteiger partial charge in [0.2, 0.25) is 0 Å². The van der Waals surface area contributed by atoms with Gasteiger partial charge in [0.1, 0.15) is 5.82 Å². The van der Waals surface area contributed by atoms with Gasteiger partial charge in [-0.3, -0.25) is 0 Å². The molecule has 0 radical (unpaired) electrons. The second kappa shape index (κ2) is 3.64. The molecule has 2 nitrogen and oxygen atoms in total. The molecule has 0 aliphatic carbocycles. The molecule has 0 saturated heterocycles. The third-order valence-electron chi connectivity index (χ3n) is 1.32. The van der Waals surface area contributed by atoms with Gasteiger partial charge in [-0.05, 0) is 28.1 Å². The average molecular weight is 274 g/mol. The van der Waals surface area contributed by atoms with Gasteiger partial charge in [0.05, 0.1) is 10.2 Å². The molecule has 0 amide bonds. The molecule has 0 bridgehead atoms. The van der Waals surface area contributed by atoms with E-state index < -0.39 is 23.6 Å². The smallest absolute Gasteiger partial charge is 0.404 e. The molecule has 0 spiro atoms. The van der Waals surface area contributed by atoms with Gasteiger partial charge in [-0.2, -0.15) is 0 Å². The predicted molar refractivity (Wildman–Crippen MR) is 45.2 cm³/mol. The summed E-state index contributed by atoms with van der Waals surface area (Å²) in [4.78, 5) is 0. The Morgan fingerprint density at radius 1 is 1.29 bits per heavy atom. The van der Waals surface area contributed by atoms with Gasteiger partial charge in [-0.1, -0.05) is 0 Å². The Labute approximate surface area is 84.8 Å². The van der Waals surface area contributed by atoms with Crippen LogP contribution in [0.15, 0.2) is 16.6 Å². The molecule has 0 aromatic heterocycles. The van der Waals surface area contributed by atoms with Crippen molar-refractivity contribution in [1.29, 1.82) is 0 Å². The van der Waals surface area contributed by atoms with Crippen LogP contribution in [0.2, 0.25) is 0 Å². The zero-order valence-electron chi connectivity index (χ0n) is 6.53. The summed E-state index contributed by atoms with van der Waals surface area (Å²) in [6.07, 6.45) is -4.84. The van der Waals surface area contributed by atoms with E-state index in [9.17, 15) is 17.6 Å². The molecule has 0 heterocycles. The average Bonchev–Trinajstić information content (AvgIpc) is 2.04. The van der Waals surface area contributed by atoms with Crippen LogP contribution in [0.5, 0.6) is 5.75 Å². The Hall–Kier alpha value is -0.980. The normalized spacial score (nSPS) is 11.5. The molecule has 78 valence electrons. The lowest BCUT2D eigenvalue weighted by molar-refractivity contribution is -0.274. The maximum absolute atomic E-state index is 12.7. The van der Waals surface area contributed by atoms with E-state index in [0.29, 0.717) is 0 Å². The third-order valence-corrected chi connectivity index (χ3v) is 2.12. The number of nitrogens with two attached hydrogens (primary N) is 1. The summed E-state index contributed by atoms with van der Waals surface area (Å²) in [6.45, 7) is 0. The van der Waals surface area contributed by atoms with Crippen molar-refractivity contribution in [3.63, 3.8) is 0 Å². The van der Waals surface area contributed by atoms with E-state index in [0.717, 1.165) is 12.1 Å². The van der Waals surface area contributed by atoms with E-state index >= 15 is 0 Å². The fourth-order valence-corrected chi connectivity index (χ4v) is 1.09. The van der Waals surface area contributed by atoms with Gasteiger partial charge in [0.15, 0.2) is 5.75 Å². The molecule has 0 saturated carbocycles. The van der Waals surface area contributed by atoms with E-state index in [2.05, 4.69) is 20.7 Å². The topological polar surface area (TPSA) is 35.2 Å². The number of anilines is 1. The molecule has 0 aliphatic heterocycles. The van der Waals surface area contributed by atoms with Gasteiger partial charge < -0.3 is 10.5 Å². The van der Waals surface area contributed by atoms with Crippen LogP contribution in [0.1, 0.15) is 0 Å². The van der Waals surface area contributed by atoms with Crippen molar-refractivity contribution in [2.24, 2.45) is 0 Å². The van der Waals surface area contributed by atoms with Crippen molar-refractivity contribution < 1.29 is 22.3 Å². The molecule has 7 heteroatoms. The minimum atomic E-state index is -4.84. The highest BCUT2D eigenvalue weighted by atomic mass is 79.9. The van der Waals surface area contributed by atoms with Crippen LogP contribution in [-0.4, -0.2) is 6.36 Å². The fourth-order valence-electron chi connectivity index (χ4n) is 0.762. The number of hydrogen-bond acceptors (Lipinski definition) is 2. The van der Waals surface area contributed by atoms with Crippen LogP contribution in [0, 0.1) is 5.82 Å². The highest BCUT2D eigenvalue weighted by Gasteiger charge is 2.32. The van der Waals surface area contributed by atoms with Crippen molar-refractivity contribution in [1.82, 2.24) is 0 Å². The van der Waals surface area contributed by atoms with Gasteiger partial charge in [0, 0.05) is 0 Å². The second-order valence-electron chi connectivity index (χ2n) is 2.32. The Morgan fingerprint density at radius 3 is 2.36 bits per heavy atom. The van der Waals surface area contributed by atoms with E-state index in [1.54, 1.807) is 0 Å². The molecule has 0 aliphatic rings. The summed E-state index contributed by atoms with van der Waals surface area (Å²) < 4.78 is 51.3. The summed E-state index contributed by atoms with van der Waals surface area (Å²) in [7, 11) is 0. The summed E-state index contributed by atoms with van der Waals surface area (Å²) >= 11 is 2.69. The first-order chi connectivity index (χ1) is 6.31. The SMILES string of the molecule is Nc1c(OC(F)(F)F)ccc(F)c1Br. The molecule has 1 rings (SSSR count). The maximum atomic E-state index is 12.7. The number of hydrogen-bond donors (Lipinski definition) is 1. The van der Waals surface area contributed by atoms with Crippen molar-refractivity contribution in [3.05, 3.63) is 22.4 Å². The first-order valence-electron chi connectivity index (χ1n) is 3.30. The van der Waals surface area contributed by atoms with E-state index in [1.165, 1.54) is 0 Å². The molecular formula is C7H4BrF4NO. The number of nitrogen functional groups attached to an aromatic ring is 1. The Morgan fingerprint density at radius 2 is 1.86 bits per heavy atom. The van der Waals surface area contributed by atoms with Crippen LogP contribution >= 0.6 is 15.9 Å². The minimum Gasteiger partial charge on any atom is -0.404 e. The first kappa shape index (κ1) is 11.1. The van der Waals surface area contributed by atoms with E-state index in [1.807, 2.05) is 0 Å². The van der Waals surface area contributed by atoms with Crippen LogP contribution in [-0.2, 0) is 0 Å². The lowest BCUT2D eigenvalue weighted by Gasteiger charge is -2.11. The fraction of sp³-hybridized carbons (Fsp3) is 0.143. The van der Waals surface area contributed by atoms with Gasteiger partial charge in [0.25, 0.3) is 0 Å². The van der Waals surface area contributed by atoms with Crippen molar-refractivity contribution >= 4 is 21.6 Å². The summed E-state index contributed by atoms with van der Waals surface area (Å²) in [5.41, 5.74) is 4.75. The molecule has 0 unspecified atom stereocenters.